The maximum absolute atomic E-state index is 12.4. The lowest BCUT2D eigenvalue weighted by Crippen LogP contribution is -2.23. The van der Waals surface area contributed by atoms with Gasteiger partial charge in [0.25, 0.3) is 0 Å². The summed E-state index contributed by atoms with van der Waals surface area (Å²) in [5.41, 5.74) is 1.65. The van der Waals surface area contributed by atoms with Gasteiger partial charge in [-0.25, -0.2) is 9.59 Å². The highest BCUT2D eigenvalue weighted by molar-refractivity contribution is 5.91. The minimum absolute atomic E-state index is 0.400. The van der Waals surface area contributed by atoms with E-state index in [9.17, 15) is 9.59 Å². The summed E-state index contributed by atoms with van der Waals surface area (Å²) in [6, 6.07) is 20.5. The number of benzene rings is 3. The third kappa shape index (κ3) is 9.20. The molecule has 38 heavy (non-hydrogen) atoms. The summed E-state index contributed by atoms with van der Waals surface area (Å²) in [6.07, 6.45) is 3.82. The number of azo groups is 1. The molecule has 0 heterocycles. The summed E-state index contributed by atoms with van der Waals surface area (Å²) in [4.78, 5) is 23.9. The molecule has 0 amide bonds. The number of rotatable bonds is 14. The van der Waals surface area contributed by atoms with E-state index < -0.39 is 18.2 Å². The Hall–Kier alpha value is -4.46. The second-order valence-electron chi connectivity index (χ2n) is 8.28. The molecule has 0 bridgehead atoms. The van der Waals surface area contributed by atoms with Crippen molar-refractivity contribution in [2.24, 2.45) is 10.2 Å². The average Bonchev–Trinajstić information content (AvgIpc) is 2.94. The van der Waals surface area contributed by atoms with Crippen LogP contribution in [-0.2, 0) is 9.53 Å². The van der Waals surface area contributed by atoms with Crippen molar-refractivity contribution in [2.45, 2.75) is 45.8 Å². The van der Waals surface area contributed by atoms with Gasteiger partial charge >= 0.3 is 11.9 Å². The van der Waals surface area contributed by atoms with E-state index >= 15 is 0 Å². The zero-order valence-corrected chi connectivity index (χ0v) is 21.7. The fraction of sp³-hybridized carbons (Fsp3) is 0.267. The van der Waals surface area contributed by atoms with E-state index in [4.69, 9.17) is 18.9 Å². The maximum Gasteiger partial charge on any atom is 0.343 e. The molecule has 1 unspecified atom stereocenters. The van der Waals surface area contributed by atoms with E-state index in [1.54, 1.807) is 72.8 Å². The lowest BCUT2D eigenvalue weighted by atomic mass is 10.2. The molecule has 0 saturated heterocycles. The molecule has 0 spiro atoms. The highest BCUT2D eigenvalue weighted by Gasteiger charge is 2.13. The van der Waals surface area contributed by atoms with Gasteiger partial charge in [-0.15, -0.1) is 0 Å². The van der Waals surface area contributed by atoms with Crippen LogP contribution in [0.4, 0.5) is 11.4 Å². The van der Waals surface area contributed by atoms with Crippen LogP contribution in [0, 0.1) is 0 Å². The molecular formula is C30H32N2O6. The zero-order chi connectivity index (χ0) is 27.2. The van der Waals surface area contributed by atoms with Gasteiger partial charge < -0.3 is 18.9 Å². The molecule has 0 N–H and O–H groups in total. The van der Waals surface area contributed by atoms with Crippen molar-refractivity contribution in [3.8, 4) is 17.2 Å². The standard InChI is InChI=1S/C30H32N2O6/c1-4-7-21-35-25-15-9-22(10-16-25)30(34)37-27-19-13-24(14-20-27)32-31-23-11-17-26(18-12-23)36-29(8-5-2)38-28(33)6-3/h6,9-20,29H,3-5,7-8,21H2,1-2H3. The normalized spacial score (nSPS) is 11.5. The number of unbranched alkanes of at least 4 members (excludes halogenated alkanes) is 1. The van der Waals surface area contributed by atoms with Crippen molar-refractivity contribution in [3.63, 3.8) is 0 Å². The van der Waals surface area contributed by atoms with Gasteiger partial charge in [-0.1, -0.05) is 26.8 Å². The first-order chi connectivity index (χ1) is 18.5. The lowest BCUT2D eigenvalue weighted by Gasteiger charge is -2.18. The number of hydrogen-bond donors (Lipinski definition) is 0. The Morgan fingerprint density at radius 2 is 1.39 bits per heavy atom. The fourth-order valence-electron chi connectivity index (χ4n) is 3.18. The van der Waals surface area contributed by atoms with Crippen LogP contribution in [-0.4, -0.2) is 24.8 Å². The Kier molecular flexibility index (Phi) is 11.1. The minimum atomic E-state index is -0.686. The monoisotopic (exact) mass is 516 g/mol. The summed E-state index contributed by atoms with van der Waals surface area (Å²) in [7, 11) is 0. The van der Waals surface area contributed by atoms with Gasteiger partial charge in [0.05, 0.1) is 23.5 Å². The van der Waals surface area contributed by atoms with Gasteiger partial charge in [-0.3, -0.25) is 0 Å². The summed E-state index contributed by atoms with van der Waals surface area (Å²) in [5.74, 6) is 0.682. The molecule has 3 aromatic carbocycles. The second kappa shape index (κ2) is 14.9. The number of carbonyl (C=O) groups excluding carboxylic acids is 2. The summed E-state index contributed by atoms with van der Waals surface area (Å²) in [6.45, 7) is 8.13. The van der Waals surface area contributed by atoms with Crippen molar-refractivity contribution in [3.05, 3.63) is 91.0 Å². The molecule has 3 aromatic rings. The molecule has 1 atom stereocenters. The van der Waals surface area contributed by atoms with Gasteiger partial charge in [0, 0.05) is 12.5 Å². The summed E-state index contributed by atoms with van der Waals surface area (Å²) >= 11 is 0. The maximum atomic E-state index is 12.4. The molecule has 0 aliphatic heterocycles. The largest absolute Gasteiger partial charge is 0.494 e. The summed E-state index contributed by atoms with van der Waals surface area (Å²) in [5, 5.41) is 8.43. The van der Waals surface area contributed by atoms with E-state index in [0.717, 1.165) is 31.1 Å². The lowest BCUT2D eigenvalue weighted by molar-refractivity contribution is -0.158. The smallest absolute Gasteiger partial charge is 0.343 e. The number of ether oxygens (including phenoxy) is 4. The summed E-state index contributed by atoms with van der Waals surface area (Å²) < 4.78 is 22.0. The number of carbonyl (C=O) groups is 2. The molecule has 8 heteroatoms. The third-order valence-corrected chi connectivity index (χ3v) is 5.23. The van der Waals surface area contributed by atoms with Gasteiger partial charge in [0.1, 0.15) is 17.2 Å². The Balaban J connectivity index is 1.52. The first-order valence-electron chi connectivity index (χ1n) is 12.6. The van der Waals surface area contributed by atoms with E-state index in [0.29, 0.717) is 41.5 Å². The Labute approximate surface area is 222 Å². The van der Waals surface area contributed by atoms with Crippen molar-refractivity contribution < 1.29 is 28.5 Å². The molecule has 0 radical (unpaired) electrons. The highest BCUT2D eigenvalue weighted by Crippen LogP contribution is 2.25. The molecule has 198 valence electrons. The van der Waals surface area contributed by atoms with E-state index in [-0.39, 0.29) is 0 Å². The third-order valence-electron chi connectivity index (χ3n) is 5.23. The van der Waals surface area contributed by atoms with Crippen LogP contribution in [0.25, 0.3) is 0 Å². The van der Waals surface area contributed by atoms with Gasteiger partial charge in [0.2, 0.25) is 6.29 Å². The molecular weight excluding hydrogens is 484 g/mol. The Morgan fingerprint density at radius 1 is 0.816 bits per heavy atom. The average molecular weight is 517 g/mol. The SMILES string of the molecule is C=CC(=O)OC(CCC)Oc1ccc(N=Nc2ccc(OC(=O)c3ccc(OCCCC)cc3)cc2)cc1. The van der Waals surface area contributed by atoms with Crippen LogP contribution in [0.15, 0.2) is 95.7 Å². The number of nitrogens with zero attached hydrogens (tertiary/aromatic N) is 2. The van der Waals surface area contributed by atoms with Gasteiger partial charge in [0.15, 0.2) is 0 Å². The predicted molar refractivity (Wildman–Crippen MR) is 144 cm³/mol. The second-order valence-corrected chi connectivity index (χ2v) is 8.28. The quantitative estimate of drug-likeness (QED) is 0.0543. The van der Waals surface area contributed by atoms with Crippen molar-refractivity contribution >= 4 is 23.3 Å². The zero-order valence-electron chi connectivity index (χ0n) is 21.7. The highest BCUT2D eigenvalue weighted by atomic mass is 16.7. The number of hydrogen-bond acceptors (Lipinski definition) is 8. The van der Waals surface area contributed by atoms with Gasteiger partial charge in [-0.05, 0) is 85.6 Å². The van der Waals surface area contributed by atoms with E-state index in [2.05, 4.69) is 23.7 Å². The van der Waals surface area contributed by atoms with Crippen LogP contribution in [0.5, 0.6) is 17.2 Å². The van der Waals surface area contributed by atoms with Crippen LogP contribution in [0.1, 0.15) is 49.9 Å². The van der Waals surface area contributed by atoms with E-state index in [1.165, 1.54) is 0 Å². The number of esters is 2. The molecule has 0 fully saturated rings. The first-order valence-corrected chi connectivity index (χ1v) is 12.6. The fourth-order valence-corrected chi connectivity index (χ4v) is 3.18. The van der Waals surface area contributed by atoms with Crippen LogP contribution in [0.2, 0.25) is 0 Å². The molecule has 8 nitrogen and oxygen atoms in total. The molecule has 0 saturated carbocycles. The van der Waals surface area contributed by atoms with Crippen molar-refractivity contribution in [1.82, 2.24) is 0 Å². The van der Waals surface area contributed by atoms with Gasteiger partial charge in [-0.2, -0.15) is 10.2 Å². The van der Waals surface area contributed by atoms with E-state index in [1.807, 2.05) is 6.92 Å². The molecule has 0 aliphatic carbocycles. The predicted octanol–water partition coefficient (Wildman–Crippen LogP) is 7.73. The molecule has 3 rings (SSSR count). The van der Waals surface area contributed by atoms with Crippen LogP contribution >= 0.6 is 0 Å². The van der Waals surface area contributed by atoms with Crippen molar-refractivity contribution in [1.29, 1.82) is 0 Å². The Bertz CT molecular complexity index is 1210. The molecule has 0 aromatic heterocycles. The van der Waals surface area contributed by atoms with Crippen molar-refractivity contribution in [2.75, 3.05) is 6.61 Å². The topological polar surface area (TPSA) is 95.8 Å². The molecule has 0 aliphatic rings. The Morgan fingerprint density at radius 3 is 1.95 bits per heavy atom. The van der Waals surface area contributed by atoms with Crippen LogP contribution < -0.4 is 14.2 Å². The van der Waals surface area contributed by atoms with Crippen LogP contribution in [0.3, 0.4) is 0 Å². The minimum Gasteiger partial charge on any atom is -0.494 e. The first kappa shape index (κ1) is 28.1.